The number of hydrogen-bond donors (Lipinski definition) is 2. The number of amides is 1. The van der Waals surface area contributed by atoms with Gasteiger partial charge in [-0.15, -0.1) is 12.4 Å². The SMILES string of the molecule is Cl.Nc1cc(Br)ccc1C(=O)NCC1CCSCC1. The minimum atomic E-state index is -0.0711. The van der Waals surface area contributed by atoms with E-state index in [1.165, 1.54) is 24.3 Å². The van der Waals surface area contributed by atoms with E-state index >= 15 is 0 Å². The average Bonchev–Trinajstić information content (AvgIpc) is 2.37. The molecule has 0 bridgehead atoms. The van der Waals surface area contributed by atoms with Crippen molar-refractivity contribution in [3.05, 3.63) is 28.2 Å². The second-order valence-corrected chi connectivity index (χ2v) is 6.64. The third kappa shape index (κ3) is 4.89. The Morgan fingerprint density at radius 1 is 1.42 bits per heavy atom. The Kier molecular flexibility index (Phi) is 7.04. The van der Waals surface area contributed by atoms with E-state index in [0.29, 0.717) is 17.2 Å². The summed E-state index contributed by atoms with van der Waals surface area (Å²) in [6.45, 7) is 0.759. The van der Waals surface area contributed by atoms with Crippen molar-refractivity contribution in [1.29, 1.82) is 0 Å². The van der Waals surface area contributed by atoms with E-state index < -0.39 is 0 Å². The minimum Gasteiger partial charge on any atom is -0.398 e. The van der Waals surface area contributed by atoms with Gasteiger partial charge in [0.25, 0.3) is 5.91 Å². The lowest BCUT2D eigenvalue weighted by Crippen LogP contribution is -2.31. The van der Waals surface area contributed by atoms with Crippen molar-refractivity contribution in [3.8, 4) is 0 Å². The van der Waals surface area contributed by atoms with E-state index in [9.17, 15) is 4.79 Å². The maximum absolute atomic E-state index is 12.0. The highest BCUT2D eigenvalue weighted by Gasteiger charge is 2.16. The van der Waals surface area contributed by atoms with Crippen LogP contribution in [0.4, 0.5) is 5.69 Å². The Morgan fingerprint density at radius 3 is 2.74 bits per heavy atom. The lowest BCUT2D eigenvalue weighted by Gasteiger charge is -2.21. The van der Waals surface area contributed by atoms with E-state index in [-0.39, 0.29) is 18.3 Å². The largest absolute Gasteiger partial charge is 0.398 e. The Morgan fingerprint density at radius 2 is 2.11 bits per heavy atom. The molecule has 1 aromatic rings. The molecular weight excluding hydrogens is 348 g/mol. The molecule has 1 aliphatic heterocycles. The van der Waals surface area contributed by atoms with Crippen molar-refractivity contribution < 1.29 is 4.79 Å². The number of rotatable bonds is 3. The highest BCUT2D eigenvalue weighted by molar-refractivity contribution is 9.10. The van der Waals surface area contributed by atoms with Crippen LogP contribution in [0.5, 0.6) is 0 Å². The fourth-order valence-corrected chi connectivity index (χ4v) is 3.61. The van der Waals surface area contributed by atoms with Crippen LogP contribution in [-0.2, 0) is 0 Å². The fourth-order valence-electron chi connectivity index (χ4n) is 2.02. The lowest BCUT2D eigenvalue weighted by molar-refractivity contribution is 0.0947. The summed E-state index contributed by atoms with van der Waals surface area (Å²) in [5.74, 6) is 2.96. The molecule has 0 saturated carbocycles. The van der Waals surface area contributed by atoms with Gasteiger partial charge in [0.15, 0.2) is 0 Å². The molecule has 1 aliphatic rings. The normalized spacial score (nSPS) is 15.6. The number of nitrogens with two attached hydrogens (primary N) is 1. The number of hydrogen-bond acceptors (Lipinski definition) is 3. The van der Waals surface area contributed by atoms with Crippen molar-refractivity contribution in [2.24, 2.45) is 5.92 Å². The van der Waals surface area contributed by atoms with Gasteiger partial charge in [0.05, 0.1) is 5.56 Å². The van der Waals surface area contributed by atoms with Crippen LogP contribution >= 0.6 is 40.1 Å². The van der Waals surface area contributed by atoms with Gasteiger partial charge in [-0.05, 0) is 48.5 Å². The first-order valence-electron chi connectivity index (χ1n) is 6.08. The van der Waals surface area contributed by atoms with Crippen LogP contribution in [0.15, 0.2) is 22.7 Å². The van der Waals surface area contributed by atoms with E-state index in [1.807, 2.05) is 17.8 Å². The molecule has 0 aromatic heterocycles. The number of nitrogen functional groups attached to an aromatic ring is 1. The van der Waals surface area contributed by atoms with Gasteiger partial charge in [-0.2, -0.15) is 11.8 Å². The zero-order valence-corrected chi connectivity index (χ0v) is 13.7. The molecule has 1 aromatic carbocycles. The predicted molar refractivity (Wildman–Crippen MR) is 88.2 cm³/mol. The van der Waals surface area contributed by atoms with Crippen molar-refractivity contribution in [2.75, 3.05) is 23.8 Å². The smallest absolute Gasteiger partial charge is 0.253 e. The van der Waals surface area contributed by atoms with Crippen molar-refractivity contribution in [2.45, 2.75) is 12.8 Å². The first-order valence-corrected chi connectivity index (χ1v) is 8.02. The molecule has 1 saturated heterocycles. The van der Waals surface area contributed by atoms with Crippen LogP contribution in [0, 0.1) is 5.92 Å². The lowest BCUT2D eigenvalue weighted by atomic mass is 10.0. The quantitative estimate of drug-likeness (QED) is 0.808. The van der Waals surface area contributed by atoms with E-state index in [2.05, 4.69) is 21.2 Å². The highest BCUT2D eigenvalue weighted by atomic mass is 79.9. The molecule has 3 nitrogen and oxygen atoms in total. The van der Waals surface area contributed by atoms with Gasteiger partial charge < -0.3 is 11.1 Å². The summed E-state index contributed by atoms with van der Waals surface area (Å²) in [5, 5.41) is 2.99. The standard InChI is InChI=1S/C13H17BrN2OS.ClH/c14-10-1-2-11(12(15)7-10)13(17)16-8-9-3-5-18-6-4-9;/h1-2,7,9H,3-6,8,15H2,(H,16,17);1H. The van der Waals surface area contributed by atoms with Crippen LogP contribution in [0.1, 0.15) is 23.2 Å². The van der Waals surface area contributed by atoms with Gasteiger partial charge in [-0.3, -0.25) is 4.79 Å². The number of thioether (sulfide) groups is 1. The summed E-state index contributed by atoms with van der Waals surface area (Å²) in [5.41, 5.74) is 6.91. The van der Waals surface area contributed by atoms with Crippen LogP contribution in [0.25, 0.3) is 0 Å². The molecule has 1 heterocycles. The molecule has 0 unspecified atom stereocenters. The highest BCUT2D eigenvalue weighted by Crippen LogP contribution is 2.22. The topological polar surface area (TPSA) is 55.1 Å². The molecule has 0 spiro atoms. The number of anilines is 1. The molecule has 0 radical (unpaired) electrons. The molecule has 0 aliphatic carbocycles. The van der Waals surface area contributed by atoms with E-state index in [1.54, 1.807) is 12.1 Å². The zero-order chi connectivity index (χ0) is 13.0. The Labute approximate surface area is 132 Å². The van der Waals surface area contributed by atoms with Crippen LogP contribution in [-0.4, -0.2) is 24.0 Å². The van der Waals surface area contributed by atoms with Gasteiger partial charge >= 0.3 is 0 Å². The Balaban J connectivity index is 0.00000180. The third-order valence-electron chi connectivity index (χ3n) is 3.15. The number of nitrogens with one attached hydrogen (secondary N) is 1. The minimum absolute atomic E-state index is 0. The molecular formula is C13H18BrClN2OS. The first kappa shape index (κ1) is 16.7. The van der Waals surface area contributed by atoms with Crippen LogP contribution in [0.3, 0.4) is 0 Å². The van der Waals surface area contributed by atoms with Crippen molar-refractivity contribution in [1.82, 2.24) is 5.32 Å². The summed E-state index contributed by atoms with van der Waals surface area (Å²) >= 11 is 5.33. The molecule has 6 heteroatoms. The van der Waals surface area contributed by atoms with Gasteiger partial charge in [0.2, 0.25) is 0 Å². The fraction of sp³-hybridized carbons (Fsp3) is 0.462. The summed E-state index contributed by atoms with van der Waals surface area (Å²) < 4.78 is 0.890. The summed E-state index contributed by atoms with van der Waals surface area (Å²) in [6.07, 6.45) is 2.39. The molecule has 1 fully saturated rings. The maximum atomic E-state index is 12.0. The number of carbonyl (C=O) groups is 1. The van der Waals surface area contributed by atoms with Crippen LogP contribution < -0.4 is 11.1 Å². The van der Waals surface area contributed by atoms with Crippen molar-refractivity contribution in [3.63, 3.8) is 0 Å². The number of carbonyl (C=O) groups excluding carboxylic acids is 1. The third-order valence-corrected chi connectivity index (χ3v) is 4.69. The van der Waals surface area contributed by atoms with Crippen LogP contribution in [0.2, 0.25) is 0 Å². The second kappa shape index (κ2) is 8.02. The average molecular weight is 366 g/mol. The summed E-state index contributed by atoms with van der Waals surface area (Å²) in [6, 6.07) is 5.35. The molecule has 2 rings (SSSR count). The van der Waals surface area contributed by atoms with E-state index in [0.717, 1.165) is 11.0 Å². The van der Waals surface area contributed by atoms with Gasteiger partial charge in [-0.25, -0.2) is 0 Å². The molecule has 19 heavy (non-hydrogen) atoms. The predicted octanol–water partition coefficient (Wildman–Crippen LogP) is 3.33. The molecule has 3 N–H and O–H groups in total. The number of benzene rings is 1. The molecule has 106 valence electrons. The summed E-state index contributed by atoms with van der Waals surface area (Å²) in [7, 11) is 0. The monoisotopic (exact) mass is 364 g/mol. The first-order chi connectivity index (χ1) is 8.66. The molecule has 0 atom stereocenters. The maximum Gasteiger partial charge on any atom is 0.253 e. The second-order valence-electron chi connectivity index (χ2n) is 4.50. The zero-order valence-electron chi connectivity index (χ0n) is 10.5. The van der Waals surface area contributed by atoms with E-state index in [4.69, 9.17) is 5.73 Å². The van der Waals surface area contributed by atoms with Gasteiger partial charge in [0.1, 0.15) is 0 Å². The van der Waals surface area contributed by atoms with Gasteiger partial charge in [0, 0.05) is 16.7 Å². The molecule has 1 amide bonds. The Hall–Kier alpha value is -0.390. The van der Waals surface area contributed by atoms with Crippen molar-refractivity contribution >= 4 is 51.7 Å². The van der Waals surface area contributed by atoms with Gasteiger partial charge in [-0.1, -0.05) is 15.9 Å². The summed E-state index contributed by atoms with van der Waals surface area (Å²) in [4.78, 5) is 12.0. The Bertz CT molecular complexity index is 439. The number of halogens is 2.